The van der Waals surface area contributed by atoms with Crippen LogP contribution in [-0.2, 0) is 19.1 Å². The van der Waals surface area contributed by atoms with Gasteiger partial charge in [-0.15, -0.1) is 0 Å². The maximum Gasteiger partial charge on any atom is 0.308 e. The third kappa shape index (κ3) is 36.0. The number of likely N-dealkylation sites (N-methyl/N-ethyl adjacent to an activating group) is 1. The normalized spacial score (nSPS) is 12.1. The SMILES string of the molecule is CCCCCCCC/C=C\CCCCCCCC(=O)OC(CC[N+](C)(C)CCO)OC(=O)CCCCCCC/C=C\CCCCCCCC. The molecule has 1 N–H and O–H groups in total. The fraction of sp³-hybridized carbons (Fsp3) is 0.860. The fourth-order valence-corrected chi connectivity index (χ4v) is 6.07. The number of carbonyl (C=O) groups excluding carboxylic acids is 2. The highest BCUT2D eigenvalue weighted by Crippen LogP contribution is 2.15. The molecule has 0 aromatic heterocycles. The first-order valence-electron chi connectivity index (χ1n) is 21.0. The Balaban J connectivity index is 4.15. The second kappa shape index (κ2) is 36.1. The molecule has 0 atom stereocenters. The van der Waals surface area contributed by atoms with E-state index in [1.165, 1.54) is 116 Å². The summed E-state index contributed by atoms with van der Waals surface area (Å²) in [5, 5.41) is 9.39. The molecule has 0 spiro atoms. The van der Waals surface area contributed by atoms with E-state index in [1.807, 2.05) is 14.1 Å². The van der Waals surface area contributed by atoms with Crippen molar-refractivity contribution < 1.29 is 28.7 Å². The van der Waals surface area contributed by atoms with Crippen molar-refractivity contribution in [1.82, 2.24) is 0 Å². The van der Waals surface area contributed by atoms with Crippen molar-refractivity contribution in [2.45, 2.75) is 206 Å². The van der Waals surface area contributed by atoms with Crippen LogP contribution in [0, 0.1) is 0 Å². The number of quaternary nitrogens is 1. The van der Waals surface area contributed by atoms with Gasteiger partial charge < -0.3 is 19.1 Å². The van der Waals surface area contributed by atoms with Gasteiger partial charge in [0.2, 0.25) is 0 Å². The average Bonchev–Trinajstić information content (AvgIpc) is 3.07. The summed E-state index contributed by atoms with van der Waals surface area (Å²) in [4.78, 5) is 25.3. The van der Waals surface area contributed by atoms with Gasteiger partial charge in [-0.3, -0.25) is 9.59 Å². The number of aliphatic hydroxyl groups excluding tert-OH is 1. The lowest BCUT2D eigenvalue weighted by Crippen LogP contribution is -2.44. The summed E-state index contributed by atoms with van der Waals surface area (Å²) in [6.07, 6.45) is 41.2. The number of unbranched alkanes of at least 4 members (excludes halogenated alkanes) is 22. The van der Waals surface area contributed by atoms with Crippen LogP contribution in [0.2, 0.25) is 0 Å². The second-order valence-electron chi connectivity index (χ2n) is 15.0. The lowest BCUT2D eigenvalue weighted by molar-refractivity contribution is -0.891. The molecule has 6 nitrogen and oxygen atoms in total. The number of allylic oxidation sites excluding steroid dienone is 4. The number of rotatable bonds is 37. The third-order valence-electron chi connectivity index (χ3n) is 9.49. The number of esters is 2. The van der Waals surface area contributed by atoms with Crippen molar-refractivity contribution in [2.75, 3.05) is 33.8 Å². The van der Waals surface area contributed by atoms with Gasteiger partial charge in [0.25, 0.3) is 6.29 Å². The molecule has 0 aliphatic carbocycles. The molecule has 0 amide bonds. The van der Waals surface area contributed by atoms with Crippen LogP contribution in [0.3, 0.4) is 0 Å². The summed E-state index contributed by atoms with van der Waals surface area (Å²) in [7, 11) is 4.04. The molecule has 288 valence electrons. The molecule has 0 aliphatic rings. The highest BCUT2D eigenvalue weighted by Gasteiger charge is 2.24. The van der Waals surface area contributed by atoms with Crippen molar-refractivity contribution in [3.8, 4) is 0 Å². The van der Waals surface area contributed by atoms with Gasteiger partial charge in [-0.1, -0.05) is 141 Å². The Labute approximate surface area is 304 Å². The average molecular weight is 693 g/mol. The number of nitrogens with zero attached hydrogens (tertiary/aromatic N) is 1. The van der Waals surface area contributed by atoms with Crippen LogP contribution in [0.25, 0.3) is 0 Å². The van der Waals surface area contributed by atoms with Gasteiger partial charge in [0, 0.05) is 12.8 Å². The summed E-state index contributed by atoms with van der Waals surface area (Å²) in [6.45, 7) is 5.85. The van der Waals surface area contributed by atoms with Crippen LogP contribution in [-0.4, -0.2) is 61.6 Å². The Morgan fingerprint density at radius 1 is 0.510 bits per heavy atom. The van der Waals surface area contributed by atoms with Crippen molar-refractivity contribution in [2.24, 2.45) is 0 Å². The summed E-state index contributed by atoms with van der Waals surface area (Å²) < 4.78 is 11.9. The first-order chi connectivity index (χ1) is 23.8. The topological polar surface area (TPSA) is 72.8 Å². The van der Waals surface area contributed by atoms with Crippen LogP contribution in [0.1, 0.15) is 200 Å². The number of hydrogen-bond donors (Lipinski definition) is 1. The summed E-state index contributed by atoms with van der Waals surface area (Å²) >= 11 is 0. The molecule has 0 radical (unpaired) electrons. The van der Waals surface area contributed by atoms with E-state index in [0.29, 0.717) is 36.8 Å². The monoisotopic (exact) mass is 693 g/mol. The first-order valence-corrected chi connectivity index (χ1v) is 21.0. The van der Waals surface area contributed by atoms with Gasteiger partial charge in [-0.2, -0.15) is 0 Å². The van der Waals surface area contributed by atoms with Gasteiger partial charge in [-0.25, -0.2) is 0 Å². The largest absolute Gasteiger partial charge is 0.425 e. The zero-order valence-electron chi connectivity index (χ0n) is 33.0. The zero-order valence-corrected chi connectivity index (χ0v) is 33.0. The van der Waals surface area contributed by atoms with Crippen LogP contribution in [0.4, 0.5) is 0 Å². The van der Waals surface area contributed by atoms with Crippen molar-refractivity contribution in [3.63, 3.8) is 0 Å². The van der Waals surface area contributed by atoms with E-state index in [1.54, 1.807) is 0 Å². The van der Waals surface area contributed by atoms with Crippen LogP contribution in [0.5, 0.6) is 0 Å². The minimum atomic E-state index is -0.859. The van der Waals surface area contributed by atoms with Gasteiger partial charge in [0.05, 0.1) is 33.7 Å². The Morgan fingerprint density at radius 2 is 0.837 bits per heavy atom. The highest BCUT2D eigenvalue weighted by atomic mass is 16.7. The summed E-state index contributed by atoms with van der Waals surface area (Å²) in [5.41, 5.74) is 0. The molecule has 0 heterocycles. The minimum Gasteiger partial charge on any atom is -0.425 e. The number of hydrogen-bond acceptors (Lipinski definition) is 5. The predicted octanol–water partition coefficient (Wildman–Crippen LogP) is 11.9. The number of carbonyl (C=O) groups is 2. The van der Waals surface area contributed by atoms with E-state index in [4.69, 9.17) is 9.47 Å². The molecule has 0 aromatic carbocycles. The van der Waals surface area contributed by atoms with Crippen LogP contribution < -0.4 is 0 Å². The van der Waals surface area contributed by atoms with Gasteiger partial charge in [-0.05, 0) is 64.2 Å². The lowest BCUT2D eigenvalue weighted by Gasteiger charge is -2.30. The Morgan fingerprint density at radius 3 is 1.18 bits per heavy atom. The number of ether oxygens (including phenoxy) is 2. The van der Waals surface area contributed by atoms with Gasteiger partial charge >= 0.3 is 11.9 Å². The molecular weight excluding hydrogens is 610 g/mol. The molecule has 0 unspecified atom stereocenters. The Kier molecular flexibility index (Phi) is 34.9. The van der Waals surface area contributed by atoms with E-state index >= 15 is 0 Å². The summed E-state index contributed by atoms with van der Waals surface area (Å²) in [6, 6.07) is 0. The smallest absolute Gasteiger partial charge is 0.308 e. The van der Waals surface area contributed by atoms with Gasteiger partial charge in [0.1, 0.15) is 6.54 Å². The van der Waals surface area contributed by atoms with Crippen LogP contribution in [0.15, 0.2) is 24.3 Å². The molecule has 49 heavy (non-hydrogen) atoms. The van der Waals surface area contributed by atoms with Crippen molar-refractivity contribution in [1.29, 1.82) is 0 Å². The highest BCUT2D eigenvalue weighted by molar-refractivity contribution is 5.71. The molecule has 6 heteroatoms. The maximum absolute atomic E-state index is 12.7. The molecule has 0 rings (SSSR count). The van der Waals surface area contributed by atoms with E-state index < -0.39 is 6.29 Å². The van der Waals surface area contributed by atoms with Gasteiger partial charge in [0.15, 0.2) is 0 Å². The molecular formula is C43H82NO5+. The van der Waals surface area contributed by atoms with E-state index in [9.17, 15) is 14.7 Å². The molecule has 0 aliphatic heterocycles. The van der Waals surface area contributed by atoms with Crippen LogP contribution >= 0.6 is 0 Å². The molecule has 0 fully saturated rings. The quantitative estimate of drug-likeness (QED) is 0.0231. The number of aliphatic hydroxyl groups is 1. The second-order valence-corrected chi connectivity index (χ2v) is 15.0. The van der Waals surface area contributed by atoms with Crippen molar-refractivity contribution in [3.05, 3.63) is 24.3 Å². The van der Waals surface area contributed by atoms with Crippen molar-refractivity contribution >= 4 is 11.9 Å². The lowest BCUT2D eigenvalue weighted by atomic mass is 10.1. The minimum absolute atomic E-state index is 0.0855. The first kappa shape index (κ1) is 47.3. The zero-order chi connectivity index (χ0) is 36.1. The summed E-state index contributed by atoms with van der Waals surface area (Å²) in [5.74, 6) is -0.576. The Hall–Kier alpha value is -1.66. The standard InChI is InChI=1S/C43H82NO5/c1-5-7-9-11-13-15-17-19-21-23-25-27-29-31-33-35-41(46)48-43(37-38-44(3,4)39-40-45)49-42(47)36-34-32-30-28-26-24-22-20-18-16-14-12-10-8-6-2/h19-22,43,45H,5-18,23-40H2,1-4H3/q+1/b21-19-,22-20-. The Bertz CT molecular complexity index is 739. The maximum atomic E-state index is 12.7. The van der Waals surface area contributed by atoms with E-state index in [2.05, 4.69) is 38.2 Å². The molecule has 0 bridgehead atoms. The van der Waals surface area contributed by atoms with E-state index in [-0.39, 0.29) is 18.5 Å². The predicted molar refractivity (Wildman–Crippen MR) is 208 cm³/mol. The molecule has 0 saturated heterocycles. The molecule has 0 saturated carbocycles. The fourth-order valence-electron chi connectivity index (χ4n) is 6.07. The third-order valence-corrected chi connectivity index (χ3v) is 9.49. The molecule has 0 aromatic rings. The van der Waals surface area contributed by atoms with E-state index in [0.717, 1.165) is 51.4 Å².